The van der Waals surface area contributed by atoms with E-state index in [4.69, 9.17) is 17.0 Å². The second kappa shape index (κ2) is 9.19. The van der Waals surface area contributed by atoms with Gasteiger partial charge in [0.1, 0.15) is 5.75 Å². The maximum atomic E-state index is 12.1. The number of benzene rings is 2. The van der Waals surface area contributed by atoms with Gasteiger partial charge in [0.15, 0.2) is 5.11 Å². The van der Waals surface area contributed by atoms with E-state index in [1.165, 1.54) is 18.9 Å². The zero-order valence-electron chi connectivity index (χ0n) is 15.3. The molecule has 5 nitrogen and oxygen atoms in total. The summed E-state index contributed by atoms with van der Waals surface area (Å²) < 4.78 is 5.12. The predicted molar refractivity (Wildman–Crippen MR) is 114 cm³/mol. The quantitative estimate of drug-likeness (QED) is 0.609. The van der Waals surface area contributed by atoms with Crippen molar-refractivity contribution in [2.75, 3.05) is 30.4 Å². The van der Waals surface area contributed by atoms with Crippen molar-refractivity contribution in [2.45, 2.75) is 12.8 Å². The van der Waals surface area contributed by atoms with Crippen LogP contribution < -0.4 is 20.3 Å². The van der Waals surface area contributed by atoms with E-state index in [1.54, 1.807) is 13.2 Å². The fourth-order valence-corrected chi connectivity index (χ4v) is 3.22. The number of rotatable bonds is 5. The van der Waals surface area contributed by atoms with E-state index in [0.717, 1.165) is 35.8 Å². The lowest BCUT2D eigenvalue weighted by molar-refractivity contribution is -0.115. The predicted octanol–water partition coefficient (Wildman–Crippen LogP) is 3.82. The van der Waals surface area contributed by atoms with E-state index in [9.17, 15) is 4.79 Å². The van der Waals surface area contributed by atoms with E-state index < -0.39 is 0 Å². The van der Waals surface area contributed by atoms with Gasteiger partial charge in [-0.05, 0) is 61.0 Å². The number of amides is 1. The lowest BCUT2D eigenvalue weighted by atomic mass is 10.2. The summed E-state index contributed by atoms with van der Waals surface area (Å²) >= 11 is 5.30. The van der Waals surface area contributed by atoms with Gasteiger partial charge in [0.2, 0.25) is 5.91 Å². The second-order valence-corrected chi connectivity index (χ2v) is 6.67. The Labute approximate surface area is 165 Å². The van der Waals surface area contributed by atoms with Crippen molar-refractivity contribution >= 4 is 40.7 Å². The number of nitrogens with one attached hydrogen (secondary N) is 2. The summed E-state index contributed by atoms with van der Waals surface area (Å²) in [4.78, 5) is 14.5. The van der Waals surface area contributed by atoms with Crippen LogP contribution in [0.15, 0.2) is 54.6 Å². The van der Waals surface area contributed by atoms with Crippen LogP contribution in [0.25, 0.3) is 6.08 Å². The van der Waals surface area contributed by atoms with E-state index in [1.807, 2.05) is 42.5 Å². The Kier molecular flexibility index (Phi) is 6.44. The molecule has 0 aliphatic carbocycles. The molecular weight excluding hydrogens is 358 g/mol. The van der Waals surface area contributed by atoms with Gasteiger partial charge in [0.05, 0.1) is 18.5 Å². The fourth-order valence-electron chi connectivity index (χ4n) is 3.01. The minimum absolute atomic E-state index is 0.276. The normalized spacial score (nSPS) is 13.6. The van der Waals surface area contributed by atoms with Crippen molar-refractivity contribution in [1.29, 1.82) is 0 Å². The number of para-hydroxylation sites is 2. The van der Waals surface area contributed by atoms with Crippen molar-refractivity contribution in [2.24, 2.45) is 0 Å². The summed E-state index contributed by atoms with van der Waals surface area (Å²) in [6, 6.07) is 15.5. The number of carbonyl (C=O) groups is 1. The van der Waals surface area contributed by atoms with Gasteiger partial charge in [-0.2, -0.15) is 0 Å². The molecule has 0 saturated carbocycles. The van der Waals surface area contributed by atoms with Gasteiger partial charge in [0.25, 0.3) is 0 Å². The third kappa shape index (κ3) is 5.31. The van der Waals surface area contributed by atoms with Crippen LogP contribution in [-0.2, 0) is 4.79 Å². The maximum absolute atomic E-state index is 12.1. The molecule has 3 rings (SSSR count). The average Bonchev–Trinajstić information content (AvgIpc) is 3.21. The zero-order valence-corrected chi connectivity index (χ0v) is 16.1. The standard InChI is InChI=1S/C21H23N3O2S/c1-26-17-11-8-16(9-12-17)10-13-20(25)23-21(27)22-18-6-2-3-7-19(18)24-14-4-5-15-24/h2-3,6-13H,4-5,14-15H2,1H3,(H2,22,23,25,27)/b13-10+. The second-order valence-electron chi connectivity index (χ2n) is 6.26. The van der Waals surface area contributed by atoms with Crippen molar-refractivity contribution < 1.29 is 9.53 Å². The molecule has 0 unspecified atom stereocenters. The molecule has 1 saturated heterocycles. The molecule has 0 atom stereocenters. The number of ether oxygens (including phenoxy) is 1. The number of hydrogen-bond acceptors (Lipinski definition) is 4. The van der Waals surface area contributed by atoms with Crippen molar-refractivity contribution in [3.63, 3.8) is 0 Å². The fraction of sp³-hybridized carbons (Fsp3) is 0.238. The van der Waals surface area contributed by atoms with Gasteiger partial charge in [-0.25, -0.2) is 0 Å². The zero-order chi connectivity index (χ0) is 19.1. The molecule has 1 aliphatic rings. The summed E-state index contributed by atoms with van der Waals surface area (Å²) in [6.45, 7) is 2.09. The van der Waals surface area contributed by atoms with Crippen LogP contribution in [0.5, 0.6) is 5.75 Å². The number of carbonyl (C=O) groups excluding carboxylic acids is 1. The molecule has 0 bridgehead atoms. The monoisotopic (exact) mass is 381 g/mol. The van der Waals surface area contributed by atoms with Crippen LogP contribution in [0.1, 0.15) is 18.4 Å². The Morgan fingerprint density at radius 2 is 1.81 bits per heavy atom. The highest BCUT2D eigenvalue weighted by molar-refractivity contribution is 7.80. The Morgan fingerprint density at radius 3 is 2.52 bits per heavy atom. The summed E-state index contributed by atoms with van der Waals surface area (Å²) in [7, 11) is 1.62. The lowest BCUT2D eigenvalue weighted by Crippen LogP contribution is -2.33. The lowest BCUT2D eigenvalue weighted by Gasteiger charge is -2.22. The Balaban J connectivity index is 1.57. The smallest absolute Gasteiger partial charge is 0.250 e. The first-order valence-corrected chi connectivity index (χ1v) is 9.34. The first kappa shape index (κ1) is 18.9. The third-order valence-electron chi connectivity index (χ3n) is 4.38. The molecule has 27 heavy (non-hydrogen) atoms. The molecule has 2 aromatic carbocycles. The van der Waals surface area contributed by atoms with Crippen LogP contribution in [0.3, 0.4) is 0 Å². The number of methoxy groups -OCH3 is 1. The van der Waals surface area contributed by atoms with E-state index in [-0.39, 0.29) is 11.0 Å². The van der Waals surface area contributed by atoms with Gasteiger partial charge in [-0.1, -0.05) is 24.3 Å². The van der Waals surface area contributed by atoms with E-state index in [0.29, 0.717) is 0 Å². The molecule has 140 valence electrons. The minimum Gasteiger partial charge on any atom is -0.497 e. The number of hydrogen-bond donors (Lipinski definition) is 2. The van der Waals surface area contributed by atoms with Gasteiger partial charge in [-0.3, -0.25) is 10.1 Å². The first-order valence-electron chi connectivity index (χ1n) is 8.94. The molecule has 1 aliphatic heterocycles. The van der Waals surface area contributed by atoms with Gasteiger partial charge >= 0.3 is 0 Å². The molecule has 1 heterocycles. The Bertz CT molecular complexity index is 828. The highest BCUT2D eigenvalue weighted by Crippen LogP contribution is 2.28. The summed E-state index contributed by atoms with van der Waals surface area (Å²) in [5.74, 6) is 0.501. The van der Waals surface area contributed by atoms with Crippen LogP contribution in [0, 0.1) is 0 Å². The molecule has 1 amide bonds. The SMILES string of the molecule is COc1ccc(/C=C/C(=O)NC(=S)Nc2ccccc2N2CCCC2)cc1. The topological polar surface area (TPSA) is 53.6 Å². The summed E-state index contributed by atoms with van der Waals surface area (Å²) in [5.41, 5.74) is 2.92. The van der Waals surface area contributed by atoms with Crippen molar-refractivity contribution in [1.82, 2.24) is 5.32 Å². The Morgan fingerprint density at radius 1 is 1.11 bits per heavy atom. The first-order chi connectivity index (χ1) is 13.2. The Hall–Kier alpha value is -2.86. The van der Waals surface area contributed by atoms with Crippen LogP contribution in [-0.4, -0.2) is 31.2 Å². The summed E-state index contributed by atoms with van der Waals surface area (Å²) in [6.07, 6.45) is 5.59. The van der Waals surface area contributed by atoms with Crippen LogP contribution in [0.2, 0.25) is 0 Å². The van der Waals surface area contributed by atoms with E-state index >= 15 is 0 Å². The van der Waals surface area contributed by atoms with Gasteiger partial charge < -0.3 is 15.0 Å². The number of anilines is 2. The molecule has 2 aromatic rings. The van der Waals surface area contributed by atoms with Gasteiger partial charge in [-0.15, -0.1) is 0 Å². The minimum atomic E-state index is -0.276. The largest absolute Gasteiger partial charge is 0.497 e. The third-order valence-corrected chi connectivity index (χ3v) is 4.58. The average molecular weight is 382 g/mol. The number of thiocarbonyl (C=S) groups is 1. The molecule has 0 radical (unpaired) electrons. The van der Waals surface area contributed by atoms with Crippen LogP contribution >= 0.6 is 12.2 Å². The molecule has 0 spiro atoms. The molecule has 0 aromatic heterocycles. The maximum Gasteiger partial charge on any atom is 0.250 e. The van der Waals surface area contributed by atoms with Crippen molar-refractivity contribution in [3.8, 4) is 5.75 Å². The highest BCUT2D eigenvalue weighted by atomic mass is 32.1. The van der Waals surface area contributed by atoms with E-state index in [2.05, 4.69) is 21.6 Å². The van der Waals surface area contributed by atoms with Gasteiger partial charge in [0, 0.05) is 19.2 Å². The summed E-state index contributed by atoms with van der Waals surface area (Å²) in [5, 5.41) is 6.11. The highest BCUT2D eigenvalue weighted by Gasteiger charge is 2.16. The molecule has 6 heteroatoms. The number of nitrogens with zero attached hydrogens (tertiary/aromatic N) is 1. The van der Waals surface area contributed by atoms with Crippen molar-refractivity contribution in [3.05, 3.63) is 60.2 Å². The van der Waals surface area contributed by atoms with Crippen LogP contribution in [0.4, 0.5) is 11.4 Å². The molecular formula is C21H23N3O2S. The molecule has 1 fully saturated rings. The molecule has 2 N–H and O–H groups in total.